The number of aromatic carboxylic acids is 1. The molecule has 7 heteroatoms. The van der Waals surface area contributed by atoms with Crippen molar-refractivity contribution in [3.63, 3.8) is 0 Å². The van der Waals surface area contributed by atoms with Crippen LogP contribution in [0.4, 0.5) is 8.78 Å². The van der Waals surface area contributed by atoms with Gasteiger partial charge in [-0.1, -0.05) is 12.1 Å². The molecule has 2 N–H and O–H groups in total. The summed E-state index contributed by atoms with van der Waals surface area (Å²) in [7, 11) is 2.01. The number of H-pyrrole nitrogens is 1. The van der Waals surface area contributed by atoms with Gasteiger partial charge < -0.3 is 19.7 Å². The van der Waals surface area contributed by atoms with E-state index in [9.17, 15) is 13.6 Å². The summed E-state index contributed by atoms with van der Waals surface area (Å²) < 4.78 is 35.6. The minimum atomic E-state index is -1.37. The third kappa shape index (κ3) is 3.63. The van der Waals surface area contributed by atoms with Gasteiger partial charge in [0, 0.05) is 30.4 Å². The Bertz CT molecular complexity index is 1070. The number of nitrogens with zero attached hydrogens (tertiary/aromatic N) is 1. The zero-order chi connectivity index (χ0) is 20.7. The molecule has 1 aliphatic rings. The van der Waals surface area contributed by atoms with Crippen molar-refractivity contribution in [3.8, 4) is 11.3 Å². The molecule has 152 valence electrons. The van der Waals surface area contributed by atoms with Crippen LogP contribution in [0.25, 0.3) is 22.2 Å². The lowest BCUT2D eigenvalue weighted by atomic mass is 9.96. The number of rotatable bonds is 4. The Morgan fingerprint density at radius 3 is 2.69 bits per heavy atom. The van der Waals surface area contributed by atoms with Crippen LogP contribution in [-0.4, -0.2) is 53.8 Å². The molecule has 0 aliphatic carbocycles. The number of carboxylic acid groups (broad SMARTS) is 1. The Balaban J connectivity index is 1.89. The summed E-state index contributed by atoms with van der Waals surface area (Å²) in [6.45, 7) is 4.13. The predicted octanol–water partition coefficient (Wildman–Crippen LogP) is 3.99. The summed E-state index contributed by atoms with van der Waals surface area (Å²) in [5.41, 5.74) is 2.21. The highest BCUT2D eigenvalue weighted by molar-refractivity contribution is 5.94. The minimum absolute atomic E-state index is 0.101. The van der Waals surface area contributed by atoms with Crippen molar-refractivity contribution in [1.29, 1.82) is 0 Å². The monoisotopic (exact) mass is 400 g/mol. The van der Waals surface area contributed by atoms with Gasteiger partial charge in [-0.25, -0.2) is 13.6 Å². The molecule has 1 aromatic heterocycles. The molecule has 0 spiro atoms. The van der Waals surface area contributed by atoms with Crippen molar-refractivity contribution < 1.29 is 23.4 Å². The zero-order valence-electron chi connectivity index (χ0n) is 16.3. The fraction of sp³-hybridized carbons (Fsp3) is 0.318. The molecule has 5 nitrogen and oxygen atoms in total. The summed E-state index contributed by atoms with van der Waals surface area (Å²) in [6.07, 6.45) is 0.389. The number of aromatic amines is 1. The SMILES string of the molecule is Cc1cccc2[nH]c(-c3c(F)cc(C(=O)O)cc3F)c(CC3CN(C)CCO3)c12. The van der Waals surface area contributed by atoms with Gasteiger partial charge in [-0.2, -0.15) is 0 Å². The van der Waals surface area contributed by atoms with E-state index in [0.717, 1.165) is 47.3 Å². The number of nitrogens with one attached hydrogen (secondary N) is 1. The molecule has 0 amide bonds. The molecule has 1 unspecified atom stereocenters. The maximum absolute atomic E-state index is 14.8. The quantitative estimate of drug-likeness (QED) is 0.695. The Hall–Kier alpha value is -2.77. The first kappa shape index (κ1) is 19.5. The maximum Gasteiger partial charge on any atom is 0.335 e. The van der Waals surface area contributed by atoms with E-state index < -0.39 is 23.2 Å². The molecule has 1 fully saturated rings. The van der Waals surface area contributed by atoms with Crippen molar-refractivity contribution in [1.82, 2.24) is 9.88 Å². The van der Waals surface area contributed by atoms with Gasteiger partial charge in [-0.3, -0.25) is 0 Å². The van der Waals surface area contributed by atoms with Crippen LogP contribution in [-0.2, 0) is 11.2 Å². The second-order valence-corrected chi connectivity index (χ2v) is 7.56. The molecule has 4 rings (SSSR count). The van der Waals surface area contributed by atoms with Crippen LogP contribution in [0.15, 0.2) is 30.3 Å². The highest BCUT2D eigenvalue weighted by atomic mass is 19.1. The van der Waals surface area contributed by atoms with E-state index in [2.05, 4.69) is 9.88 Å². The summed E-state index contributed by atoms with van der Waals surface area (Å²) >= 11 is 0. The molecule has 0 bridgehead atoms. The molecule has 2 heterocycles. The second kappa shape index (κ2) is 7.57. The molecule has 2 aromatic carbocycles. The lowest BCUT2D eigenvalue weighted by Crippen LogP contribution is -2.41. The Kier molecular flexibility index (Phi) is 5.10. The first-order valence-electron chi connectivity index (χ1n) is 9.48. The Labute approximate surface area is 166 Å². The molecule has 3 aromatic rings. The van der Waals surface area contributed by atoms with Crippen LogP contribution in [0, 0.1) is 18.6 Å². The summed E-state index contributed by atoms with van der Waals surface area (Å²) in [4.78, 5) is 16.5. The highest BCUT2D eigenvalue weighted by Gasteiger charge is 2.26. The Morgan fingerprint density at radius 1 is 1.31 bits per heavy atom. The fourth-order valence-electron chi connectivity index (χ4n) is 4.08. The van der Waals surface area contributed by atoms with Gasteiger partial charge in [0.1, 0.15) is 11.6 Å². The maximum atomic E-state index is 14.8. The smallest absolute Gasteiger partial charge is 0.335 e. The number of aromatic nitrogens is 1. The second-order valence-electron chi connectivity index (χ2n) is 7.56. The molecule has 1 atom stereocenters. The van der Waals surface area contributed by atoms with Crippen molar-refractivity contribution in [2.45, 2.75) is 19.4 Å². The lowest BCUT2D eigenvalue weighted by Gasteiger charge is -2.30. The number of hydrogen-bond donors (Lipinski definition) is 2. The topological polar surface area (TPSA) is 65.6 Å². The molecule has 29 heavy (non-hydrogen) atoms. The number of carbonyl (C=O) groups is 1. The third-order valence-corrected chi connectivity index (χ3v) is 5.45. The zero-order valence-corrected chi connectivity index (χ0v) is 16.3. The van der Waals surface area contributed by atoms with E-state index in [1.54, 1.807) is 0 Å². The number of aryl methyl sites for hydroxylation is 1. The van der Waals surface area contributed by atoms with Gasteiger partial charge >= 0.3 is 5.97 Å². The van der Waals surface area contributed by atoms with Crippen molar-refractivity contribution in [3.05, 3.63) is 58.7 Å². The van der Waals surface area contributed by atoms with Gasteiger partial charge in [0.2, 0.25) is 0 Å². The van der Waals surface area contributed by atoms with E-state index in [4.69, 9.17) is 9.84 Å². The van der Waals surface area contributed by atoms with E-state index in [1.807, 2.05) is 32.2 Å². The first-order valence-corrected chi connectivity index (χ1v) is 9.48. The number of ether oxygens (including phenoxy) is 1. The normalized spacial score (nSPS) is 17.7. The van der Waals surface area contributed by atoms with Crippen molar-refractivity contribution in [2.75, 3.05) is 26.7 Å². The van der Waals surface area contributed by atoms with Crippen LogP contribution in [0.1, 0.15) is 21.5 Å². The van der Waals surface area contributed by atoms with E-state index in [-0.39, 0.29) is 11.7 Å². The van der Waals surface area contributed by atoms with E-state index in [0.29, 0.717) is 18.7 Å². The number of fused-ring (bicyclic) bond motifs is 1. The average molecular weight is 400 g/mol. The number of hydrogen-bond acceptors (Lipinski definition) is 3. The molecular weight excluding hydrogens is 378 g/mol. The van der Waals surface area contributed by atoms with E-state index >= 15 is 0 Å². The largest absolute Gasteiger partial charge is 0.478 e. The fourth-order valence-corrected chi connectivity index (χ4v) is 4.08. The minimum Gasteiger partial charge on any atom is -0.478 e. The van der Waals surface area contributed by atoms with Gasteiger partial charge in [0.15, 0.2) is 0 Å². The van der Waals surface area contributed by atoms with Gasteiger partial charge in [0.25, 0.3) is 0 Å². The number of morpholine rings is 1. The molecule has 0 saturated carbocycles. The van der Waals surface area contributed by atoms with Gasteiger partial charge in [-0.15, -0.1) is 0 Å². The van der Waals surface area contributed by atoms with Crippen LogP contribution >= 0.6 is 0 Å². The Morgan fingerprint density at radius 2 is 2.03 bits per heavy atom. The molecule has 1 aliphatic heterocycles. The highest BCUT2D eigenvalue weighted by Crippen LogP contribution is 2.36. The van der Waals surface area contributed by atoms with Crippen molar-refractivity contribution >= 4 is 16.9 Å². The average Bonchev–Trinajstić information content (AvgIpc) is 3.00. The van der Waals surface area contributed by atoms with E-state index in [1.165, 1.54) is 0 Å². The number of carboxylic acids is 1. The van der Waals surface area contributed by atoms with Crippen LogP contribution in [0.3, 0.4) is 0 Å². The molecule has 0 radical (unpaired) electrons. The summed E-state index contributed by atoms with van der Waals surface area (Å²) in [6, 6.07) is 7.41. The third-order valence-electron chi connectivity index (χ3n) is 5.45. The first-order chi connectivity index (χ1) is 13.8. The number of benzene rings is 2. The van der Waals surface area contributed by atoms with Crippen LogP contribution < -0.4 is 0 Å². The summed E-state index contributed by atoms with van der Waals surface area (Å²) in [5.74, 6) is -3.19. The standard InChI is InChI=1S/C22H22F2N2O3/c1-12-4-3-5-18-19(12)15(10-14-11-26(2)6-7-29-14)21(25-18)20-16(23)8-13(22(27)28)9-17(20)24/h3-5,8-9,14,25H,6-7,10-11H2,1-2H3,(H,27,28). The van der Waals surface area contributed by atoms with Gasteiger partial charge in [-0.05, 0) is 43.3 Å². The predicted molar refractivity (Wildman–Crippen MR) is 106 cm³/mol. The molecule has 1 saturated heterocycles. The number of likely N-dealkylation sites (N-methyl/N-ethyl adjacent to an activating group) is 1. The molecular formula is C22H22F2N2O3. The van der Waals surface area contributed by atoms with Crippen molar-refractivity contribution in [2.24, 2.45) is 0 Å². The lowest BCUT2D eigenvalue weighted by molar-refractivity contribution is -0.0183. The van der Waals surface area contributed by atoms with Gasteiger partial charge in [0.05, 0.1) is 29.5 Å². The van der Waals surface area contributed by atoms with Crippen LogP contribution in [0.5, 0.6) is 0 Å². The summed E-state index contributed by atoms with van der Waals surface area (Å²) in [5, 5.41) is 10.00. The number of halogens is 2. The van der Waals surface area contributed by atoms with Crippen LogP contribution in [0.2, 0.25) is 0 Å².